The van der Waals surface area contributed by atoms with E-state index in [1.54, 1.807) is 17.1 Å². The summed E-state index contributed by atoms with van der Waals surface area (Å²) in [6.07, 6.45) is 3.80. The summed E-state index contributed by atoms with van der Waals surface area (Å²) in [5.74, 6) is 0.677. The first-order chi connectivity index (χ1) is 13.3. The third kappa shape index (κ3) is 3.83. The van der Waals surface area contributed by atoms with Crippen molar-refractivity contribution in [1.29, 1.82) is 0 Å². The summed E-state index contributed by atoms with van der Waals surface area (Å²) >= 11 is 6.52. The molecule has 2 heterocycles. The normalized spacial score (nSPS) is 22.5. The molecule has 4 nitrogen and oxygen atoms in total. The molecule has 0 aromatic heterocycles. The number of amidine groups is 1. The summed E-state index contributed by atoms with van der Waals surface area (Å²) in [5, 5.41) is 6.87. The van der Waals surface area contributed by atoms with Crippen molar-refractivity contribution in [2.75, 3.05) is 0 Å². The zero-order valence-corrected chi connectivity index (χ0v) is 16.6. The van der Waals surface area contributed by atoms with Crippen LogP contribution in [0.25, 0.3) is 0 Å². The molecular formula is C21H22ClF2N3O. The second kappa shape index (κ2) is 7.32. The van der Waals surface area contributed by atoms with Crippen LogP contribution in [0.1, 0.15) is 51.5 Å². The Hall–Kier alpha value is -2.21. The van der Waals surface area contributed by atoms with Crippen LogP contribution in [0.4, 0.5) is 8.78 Å². The summed E-state index contributed by atoms with van der Waals surface area (Å²) in [6.45, 7) is 2.75. The topological polar surface area (TPSA) is 37.2 Å². The van der Waals surface area contributed by atoms with Gasteiger partial charge in [-0.05, 0) is 62.3 Å². The summed E-state index contributed by atoms with van der Waals surface area (Å²) in [5.41, 5.74) is 4.01. The zero-order chi connectivity index (χ0) is 19.9. The van der Waals surface area contributed by atoms with E-state index in [1.807, 2.05) is 13.0 Å². The van der Waals surface area contributed by atoms with E-state index in [0.29, 0.717) is 16.6 Å². The number of halogens is 3. The summed E-state index contributed by atoms with van der Waals surface area (Å²) in [6, 6.07) is 6.61. The van der Waals surface area contributed by atoms with Crippen LogP contribution in [-0.4, -0.2) is 28.2 Å². The highest BCUT2D eigenvalue weighted by Crippen LogP contribution is 2.39. The van der Waals surface area contributed by atoms with Gasteiger partial charge in [0.15, 0.2) is 11.0 Å². The summed E-state index contributed by atoms with van der Waals surface area (Å²) in [7, 11) is 0. The molecule has 1 aromatic carbocycles. The quantitative estimate of drug-likeness (QED) is 0.633. The van der Waals surface area contributed by atoms with Gasteiger partial charge < -0.3 is 4.74 Å². The Morgan fingerprint density at radius 1 is 1.21 bits per heavy atom. The minimum Gasteiger partial charge on any atom is -0.433 e. The van der Waals surface area contributed by atoms with Gasteiger partial charge >= 0.3 is 6.11 Å². The van der Waals surface area contributed by atoms with E-state index in [9.17, 15) is 8.78 Å². The second-order valence-electron chi connectivity index (χ2n) is 7.43. The molecule has 28 heavy (non-hydrogen) atoms. The van der Waals surface area contributed by atoms with Gasteiger partial charge in [0, 0.05) is 12.5 Å². The van der Waals surface area contributed by atoms with Crippen LogP contribution in [0.15, 0.2) is 57.3 Å². The molecule has 1 unspecified atom stereocenters. The van der Waals surface area contributed by atoms with Gasteiger partial charge in [-0.15, -0.1) is 0 Å². The summed E-state index contributed by atoms with van der Waals surface area (Å²) < 4.78 is 31.3. The van der Waals surface area contributed by atoms with Crippen LogP contribution in [0.2, 0.25) is 0 Å². The molecular weight excluding hydrogens is 384 g/mol. The smallest absolute Gasteiger partial charge is 0.394 e. The van der Waals surface area contributed by atoms with Gasteiger partial charge in [-0.3, -0.25) is 4.99 Å². The molecule has 0 spiro atoms. The summed E-state index contributed by atoms with van der Waals surface area (Å²) in [4.78, 5) is 4.80. The van der Waals surface area contributed by atoms with Crippen molar-refractivity contribution in [2.24, 2.45) is 10.1 Å². The highest BCUT2D eigenvalue weighted by atomic mass is 35.5. The number of hydrogen-bond donors (Lipinski definition) is 0. The predicted molar refractivity (Wildman–Crippen MR) is 107 cm³/mol. The van der Waals surface area contributed by atoms with Crippen LogP contribution in [0.3, 0.4) is 0 Å². The van der Waals surface area contributed by atoms with Crippen molar-refractivity contribution >= 4 is 22.6 Å². The monoisotopic (exact) mass is 405 g/mol. The number of fused-ring (bicyclic) bond motifs is 2. The number of alkyl halides is 2. The SMILES string of the molecule is CC1CC=C2C3=C(CCCC3)C(Cl)=NN2C(c2cccc(OC(C)(F)F)c2)=N1. The van der Waals surface area contributed by atoms with E-state index in [-0.39, 0.29) is 11.8 Å². The molecule has 0 fully saturated rings. The lowest BCUT2D eigenvalue weighted by molar-refractivity contribution is -0.158. The first-order valence-electron chi connectivity index (χ1n) is 9.54. The highest BCUT2D eigenvalue weighted by Gasteiger charge is 2.32. The Labute approximate surface area is 168 Å². The number of aliphatic imine (C=N–C) groups is 1. The minimum atomic E-state index is -3.25. The van der Waals surface area contributed by atoms with Crippen LogP contribution in [-0.2, 0) is 0 Å². The second-order valence-corrected chi connectivity index (χ2v) is 7.79. The molecule has 0 radical (unpaired) electrons. The average molecular weight is 406 g/mol. The van der Waals surface area contributed by atoms with Crippen molar-refractivity contribution in [3.63, 3.8) is 0 Å². The average Bonchev–Trinajstić information content (AvgIpc) is 2.80. The Morgan fingerprint density at radius 2 is 1.96 bits per heavy atom. The van der Waals surface area contributed by atoms with Crippen molar-refractivity contribution in [3.05, 3.63) is 52.7 Å². The van der Waals surface area contributed by atoms with Crippen LogP contribution >= 0.6 is 11.6 Å². The molecule has 2 aliphatic heterocycles. The van der Waals surface area contributed by atoms with Crippen LogP contribution in [0, 0.1) is 0 Å². The highest BCUT2D eigenvalue weighted by molar-refractivity contribution is 6.69. The molecule has 4 rings (SSSR count). The lowest BCUT2D eigenvalue weighted by Crippen LogP contribution is -2.32. The molecule has 3 aliphatic rings. The maximum Gasteiger partial charge on any atom is 0.394 e. The Bertz CT molecular complexity index is 914. The van der Waals surface area contributed by atoms with Gasteiger partial charge in [-0.2, -0.15) is 13.9 Å². The first-order valence-corrected chi connectivity index (χ1v) is 9.92. The molecule has 0 amide bonds. The van der Waals surface area contributed by atoms with E-state index in [4.69, 9.17) is 21.3 Å². The Morgan fingerprint density at radius 3 is 2.71 bits per heavy atom. The molecule has 0 saturated carbocycles. The van der Waals surface area contributed by atoms with Crippen molar-refractivity contribution in [2.45, 2.75) is 58.1 Å². The Kier molecular flexibility index (Phi) is 5.00. The van der Waals surface area contributed by atoms with Gasteiger partial charge in [0.05, 0.1) is 11.7 Å². The van der Waals surface area contributed by atoms with Crippen molar-refractivity contribution in [3.8, 4) is 5.75 Å². The van der Waals surface area contributed by atoms with Gasteiger partial charge in [0.2, 0.25) is 0 Å². The number of rotatable bonds is 3. The fourth-order valence-electron chi connectivity index (χ4n) is 3.82. The van der Waals surface area contributed by atoms with Gasteiger partial charge in [0.25, 0.3) is 0 Å². The van der Waals surface area contributed by atoms with Gasteiger partial charge in [-0.25, -0.2) is 5.01 Å². The number of hydrazone groups is 1. The zero-order valence-electron chi connectivity index (χ0n) is 15.9. The number of nitrogens with zero attached hydrogens (tertiary/aromatic N) is 3. The van der Waals surface area contributed by atoms with E-state index in [2.05, 4.69) is 11.2 Å². The number of allylic oxidation sites excluding steroid dienone is 2. The standard InChI is InChI=1S/C21H22ClF2N3O/c1-13-10-11-18-16-8-3-4-9-17(16)19(22)26-27(18)20(25-13)14-6-5-7-15(12-14)28-21(2,23)24/h5-7,11-13H,3-4,8-10H2,1-2H3. The predicted octanol–water partition coefficient (Wildman–Crippen LogP) is 5.84. The fraction of sp³-hybridized carbons (Fsp3) is 0.429. The molecule has 148 valence electrons. The van der Waals surface area contributed by atoms with E-state index in [1.165, 1.54) is 11.6 Å². The third-order valence-corrected chi connectivity index (χ3v) is 5.33. The number of ether oxygens (including phenoxy) is 1. The van der Waals surface area contributed by atoms with Crippen LogP contribution < -0.4 is 4.74 Å². The molecule has 0 saturated heterocycles. The van der Waals surface area contributed by atoms with E-state index >= 15 is 0 Å². The third-order valence-electron chi connectivity index (χ3n) is 5.03. The Balaban J connectivity index is 1.77. The van der Waals surface area contributed by atoms with E-state index < -0.39 is 6.11 Å². The van der Waals surface area contributed by atoms with E-state index in [0.717, 1.165) is 50.3 Å². The lowest BCUT2D eigenvalue weighted by Gasteiger charge is -2.33. The number of hydrogen-bond acceptors (Lipinski definition) is 4. The fourth-order valence-corrected chi connectivity index (χ4v) is 4.10. The molecule has 0 N–H and O–H groups in total. The van der Waals surface area contributed by atoms with Gasteiger partial charge in [-0.1, -0.05) is 29.8 Å². The largest absolute Gasteiger partial charge is 0.433 e. The molecule has 1 aromatic rings. The molecule has 7 heteroatoms. The minimum absolute atomic E-state index is 0.0342. The van der Waals surface area contributed by atoms with Gasteiger partial charge in [0.1, 0.15) is 5.75 Å². The first kappa shape index (κ1) is 19.1. The lowest BCUT2D eigenvalue weighted by atomic mass is 9.88. The maximum absolute atomic E-state index is 13.3. The molecule has 0 bridgehead atoms. The molecule has 1 aliphatic carbocycles. The van der Waals surface area contributed by atoms with Crippen molar-refractivity contribution in [1.82, 2.24) is 5.01 Å². The van der Waals surface area contributed by atoms with Crippen molar-refractivity contribution < 1.29 is 13.5 Å². The van der Waals surface area contributed by atoms with Crippen LogP contribution in [0.5, 0.6) is 5.75 Å². The molecule has 1 atom stereocenters. The maximum atomic E-state index is 13.3. The number of benzene rings is 1.